The number of nitrogens with zero attached hydrogens (tertiary/aromatic N) is 5. The summed E-state index contributed by atoms with van der Waals surface area (Å²) in [4.78, 5) is 8.96. The first-order chi connectivity index (χ1) is 11.0. The summed E-state index contributed by atoms with van der Waals surface area (Å²) in [6, 6.07) is 4.23. The van der Waals surface area contributed by atoms with Gasteiger partial charge in [0.1, 0.15) is 0 Å². The van der Waals surface area contributed by atoms with E-state index >= 15 is 0 Å². The predicted octanol–water partition coefficient (Wildman–Crippen LogP) is 2.22. The molecule has 0 bridgehead atoms. The van der Waals surface area contributed by atoms with Gasteiger partial charge in [0.25, 0.3) is 0 Å². The third kappa shape index (κ3) is 2.31. The Labute approximate surface area is 132 Å². The summed E-state index contributed by atoms with van der Waals surface area (Å²) in [5.41, 5.74) is 2.02. The van der Waals surface area contributed by atoms with E-state index in [1.165, 1.54) is 6.07 Å². The first-order valence-electron chi connectivity index (χ1n) is 7.61. The Kier molecular flexibility index (Phi) is 3.19. The normalized spacial score (nSPS) is 16.6. The summed E-state index contributed by atoms with van der Waals surface area (Å²) >= 11 is 0. The second kappa shape index (κ2) is 5.13. The minimum Gasteiger partial charge on any atom is -0.338 e. The molecule has 1 saturated heterocycles. The third-order valence-electron chi connectivity index (χ3n) is 4.34. The lowest BCUT2D eigenvalue weighted by Gasteiger charge is -2.33. The molecule has 4 rings (SSSR count). The molecule has 1 aliphatic rings. The van der Waals surface area contributed by atoms with Crippen LogP contribution in [0.25, 0.3) is 16.4 Å². The monoisotopic (exact) mass is 317 g/mol. The van der Waals surface area contributed by atoms with Crippen molar-refractivity contribution in [2.24, 2.45) is 0 Å². The van der Waals surface area contributed by atoms with Crippen LogP contribution in [-0.2, 0) is 0 Å². The van der Waals surface area contributed by atoms with Crippen LogP contribution in [0.15, 0.2) is 18.2 Å². The number of likely N-dealkylation sites (N-methyl/N-ethyl adjacent to an activating group) is 1. The molecule has 0 aliphatic carbocycles. The highest BCUT2D eigenvalue weighted by atomic mass is 19.2. The van der Waals surface area contributed by atoms with Crippen LogP contribution in [0.4, 0.5) is 14.7 Å². The summed E-state index contributed by atoms with van der Waals surface area (Å²) in [5, 5.41) is 5.06. The van der Waals surface area contributed by atoms with Crippen molar-refractivity contribution >= 4 is 22.4 Å². The second-order valence-corrected chi connectivity index (χ2v) is 6.07. The number of fused-ring (bicyclic) bond motifs is 3. The van der Waals surface area contributed by atoms with Gasteiger partial charge < -0.3 is 9.80 Å². The molecule has 0 radical (unpaired) electrons. The summed E-state index contributed by atoms with van der Waals surface area (Å²) in [6.07, 6.45) is 0. The second-order valence-electron chi connectivity index (χ2n) is 6.07. The van der Waals surface area contributed by atoms with E-state index in [9.17, 15) is 8.78 Å². The molecular weight excluding hydrogens is 300 g/mol. The van der Waals surface area contributed by atoms with Gasteiger partial charge >= 0.3 is 0 Å². The van der Waals surface area contributed by atoms with E-state index in [2.05, 4.69) is 26.9 Å². The average molecular weight is 317 g/mol. The fourth-order valence-corrected chi connectivity index (χ4v) is 3.04. The van der Waals surface area contributed by atoms with Crippen molar-refractivity contribution in [3.8, 4) is 0 Å². The van der Waals surface area contributed by atoms with Gasteiger partial charge in [0.15, 0.2) is 11.6 Å². The molecule has 2 aromatic heterocycles. The highest BCUT2D eigenvalue weighted by molar-refractivity contribution is 5.94. The molecule has 5 nitrogen and oxygen atoms in total. The number of aromatic nitrogens is 3. The van der Waals surface area contributed by atoms with Gasteiger partial charge in [-0.1, -0.05) is 0 Å². The maximum Gasteiger partial charge on any atom is 0.227 e. The molecule has 1 fully saturated rings. The highest BCUT2D eigenvalue weighted by Crippen LogP contribution is 2.27. The van der Waals surface area contributed by atoms with Crippen molar-refractivity contribution in [3.63, 3.8) is 0 Å². The van der Waals surface area contributed by atoms with Gasteiger partial charge in [0, 0.05) is 37.6 Å². The number of hydrogen-bond acceptors (Lipinski definition) is 4. The molecule has 7 heteroatoms. The Morgan fingerprint density at radius 2 is 1.70 bits per heavy atom. The molecule has 23 heavy (non-hydrogen) atoms. The lowest BCUT2D eigenvalue weighted by molar-refractivity contribution is 0.310. The number of rotatable bonds is 1. The number of anilines is 1. The van der Waals surface area contributed by atoms with Crippen molar-refractivity contribution in [1.29, 1.82) is 0 Å². The van der Waals surface area contributed by atoms with Crippen LogP contribution in [0.3, 0.4) is 0 Å². The lowest BCUT2D eigenvalue weighted by Crippen LogP contribution is -2.45. The maximum atomic E-state index is 13.6. The third-order valence-corrected chi connectivity index (χ3v) is 4.34. The van der Waals surface area contributed by atoms with Gasteiger partial charge in [0.2, 0.25) is 5.95 Å². The Morgan fingerprint density at radius 1 is 1.00 bits per heavy atom. The SMILES string of the molecule is Cc1cc2c3cc(F)c(F)cc3nc(N3CCN(C)CC3)n2n1. The van der Waals surface area contributed by atoms with E-state index in [1.54, 1.807) is 4.52 Å². The minimum atomic E-state index is -0.880. The van der Waals surface area contributed by atoms with Crippen molar-refractivity contribution in [1.82, 2.24) is 19.5 Å². The zero-order valence-corrected chi connectivity index (χ0v) is 13.1. The summed E-state index contributed by atoms with van der Waals surface area (Å²) in [5.74, 6) is -1.07. The predicted molar refractivity (Wildman–Crippen MR) is 84.9 cm³/mol. The molecule has 0 unspecified atom stereocenters. The van der Waals surface area contributed by atoms with E-state index in [0.29, 0.717) is 16.9 Å². The fourth-order valence-electron chi connectivity index (χ4n) is 3.04. The van der Waals surface area contributed by atoms with Gasteiger partial charge in [-0.25, -0.2) is 13.8 Å². The number of halogens is 2. The average Bonchev–Trinajstić information content (AvgIpc) is 2.91. The van der Waals surface area contributed by atoms with E-state index in [-0.39, 0.29) is 0 Å². The van der Waals surface area contributed by atoms with E-state index < -0.39 is 11.6 Å². The minimum absolute atomic E-state index is 0.449. The zero-order chi connectivity index (χ0) is 16.1. The lowest BCUT2D eigenvalue weighted by atomic mass is 10.2. The van der Waals surface area contributed by atoms with Crippen molar-refractivity contribution in [2.45, 2.75) is 6.92 Å². The molecule has 3 aromatic rings. The first-order valence-corrected chi connectivity index (χ1v) is 7.61. The molecule has 120 valence electrons. The molecule has 0 spiro atoms. The van der Waals surface area contributed by atoms with Gasteiger partial charge in [-0.3, -0.25) is 0 Å². The molecule has 0 N–H and O–H groups in total. The Morgan fingerprint density at radius 3 is 2.43 bits per heavy atom. The quantitative estimate of drug-likeness (QED) is 0.690. The van der Waals surface area contributed by atoms with Gasteiger partial charge in [-0.2, -0.15) is 9.61 Å². The summed E-state index contributed by atoms with van der Waals surface area (Å²) in [6.45, 7) is 5.39. The zero-order valence-electron chi connectivity index (χ0n) is 13.1. The molecule has 0 amide bonds. The highest BCUT2D eigenvalue weighted by Gasteiger charge is 2.21. The van der Waals surface area contributed by atoms with Crippen molar-refractivity contribution in [3.05, 3.63) is 35.5 Å². The van der Waals surface area contributed by atoms with E-state index in [1.807, 2.05) is 13.0 Å². The van der Waals surface area contributed by atoms with Crippen LogP contribution in [0, 0.1) is 18.6 Å². The van der Waals surface area contributed by atoms with Crippen LogP contribution in [0.5, 0.6) is 0 Å². The van der Waals surface area contributed by atoms with Crippen LogP contribution >= 0.6 is 0 Å². The molecule has 0 atom stereocenters. The maximum absolute atomic E-state index is 13.6. The largest absolute Gasteiger partial charge is 0.338 e. The Bertz CT molecular complexity index is 896. The van der Waals surface area contributed by atoms with E-state index in [0.717, 1.165) is 43.5 Å². The molecule has 0 saturated carbocycles. The van der Waals surface area contributed by atoms with Crippen LogP contribution in [-0.4, -0.2) is 52.7 Å². The number of benzene rings is 1. The van der Waals surface area contributed by atoms with Crippen molar-refractivity contribution in [2.75, 3.05) is 38.1 Å². The number of hydrogen-bond donors (Lipinski definition) is 0. The Balaban J connectivity index is 1.97. The molecule has 1 aromatic carbocycles. The van der Waals surface area contributed by atoms with Crippen LogP contribution in [0.2, 0.25) is 0 Å². The molecule has 1 aliphatic heterocycles. The van der Waals surface area contributed by atoms with Gasteiger partial charge in [-0.05, 0) is 26.1 Å². The van der Waals surface area contributed by atoms with Crippen LogP contribution < -0.4 is 4.90 Å². The Hall–Kier alpha value is -2.28. The standard InChI is InChI=1S/C16H17F2N5/c1-10-7-15-11-8-12(17)13(18)9-14(11)19-16(23(15)20-10)22-5-3-21(2)4-6-22/h7-9H,3-6H2,1-2H3. The fraction of sp³-hybridized carbons (Fsp3) is 0.375. The van der Waals surface area contributed by atoms with E-state index in [4.69, 9.17) is 0 Å². The first kappa shape index (κ1) is 14.3. The smallest absolute Gasteiger partial charge is 0.227 e. The summed E-state index contributed by atoms with van der Waals surface area (Å²) in [7, 11) is 2.08. The number of aryl methyl sites for hydroxylation is 1. The summed E-state index contributed by atoms with van der Waals surface area (Å²) < 4.78 is 29.0. The molecular formula is C16H17F2N5. The number of piperazine rings is 1. The van der Waals surface area contributed by atoms with Crippen molar-refractivity contribution < 1.29 is 8.78 Å². The van der Waals surface area contributed by atoms with Gasteiger partial charge in [0.05, 0.1) is 16.7 Å². The topological polar surface area (TPSA) is 36.7 Å². The van der Waals surface area contributed by atoms with Gasteiger partial charge in [-0.15, -0.1) is 0 Å². The molecule has 3 heterocycles. The van der Waals surface area contributed by atoms with Crippen LogP contribution in [0.1, 0.15) is 5.69 Å².